The van der Waals surface area contributed by atoms with Crippen LogP contribution in [0.3, 0.4) is 0 Å². The summed E-state index contributed by atoms with van der Waals surface area (Å²) in [5.41, 5.74) is 3.97. The zero-order valence-corrected chi connectivity index (χ0v) is 15.5. The predicted molar refractivity (Wildman–Crippen MR) is 105 cm³/mol. The van der Waals surface area contributed by atoms with E-state index in [-0.39, 0.29) is 5.91 Å². The first-order chi connectivity index (χ1) is 13.1. The summed E-state index contributed by atoms with van der Waals surface area (Å²) in [6.45, 7) is 2.37. The summed E-state index contributed by atoms with van der Waals surface area (Å²) >= 11 is 6.04. The maximum atomic E-state index is 12.5. The Balaban J connectivity index is 1.42. The summed E-state index contributed by atoms with van der Waals surface area (Å²) in [6.07, 6.45) is 6.17. The summed E-state index contributed by atoms with van der Waals surface area (Å²) in [6, 6.07) is 13.2. The van der Waals surface area contributed by atoms with Crippen LogP contribution in [-0.4, -0.2) is 31.6 Å². The van der Waals surface area contributed by atoms with Gasteiger partial charge in [0.2, 0.25) is 0 Å². The van der Waals surface area contributed by atoms with Gasteiger partial charge in [-0.2, -0.15) is 5.10 Å². The van der Waals surface area contributed by atoms with Crippen LogP contribution in [0.1, 0.15) is 21.7 Å². The molecule has 4 rings (SSSR count). The van der Waals surface area contributed by atoms with Crippen LogP contribution in [-0.2, 0) is 6.42 Å². The van der Waals surface area contributed by atoms with E-state index in [0.29, 0.717) is 23.6 Å². The molecule has 0 saturated heterocycles. The number of aromatic nitrogens is 4. The highest BCUT2D eigenvalue weighted by molar-refractivity contribution is 6.30. The summed E-state index contributed by atoms with van der Waals surface area (Å²) in [4.78, 5) is 17.1. The zero-order valence-electron chi connectivity index (χ0n) is 14.8. The third kappa shape index (κ3) is 3.57. The van der Waals surface area contributed by atoms with Crippen LogP contribution >= 0.6 is 11.6 Å². The quantitative estimate of drug-likeness (QED) is 0.577. The van der Waals surface area contributed by atoms with Gasteiger partial charge >= 0.3 is 0 Å². The smallest absolute Gasteiger partial charge is 0.254 e. The van der Waals surface area contributed by atoms with Gasteiger partial charge in [0, 0.05) is 30.4 Å². The van der Waals surface area contributed by atoms with Crippen LogP contribution < -0.4 is 5.32 Å². The minimum absolute atomic E-state index is 0.149. The van der Waals surface area contributed by atoms with E-state index in [1.54, 1.807) is 16.9 Å². The topological polar surface area (TPSA) is 64.2 Å². The van der Waals surface area contributed by atoms with Gasteiger partial charge in [-0.05, 0) is 37.3 Å². The van der Waals surface area contributed by atoms with E-state index in [2.05, 4.69) is 15.4 Å². The normalized spacial score (nSPS) is 11.0. The number of nitrogens with zero attached hydrogens (tertiary/aromatic N) is 4. The van der Waals surface area contributed by atoms with Crippen LogP contribution in [0.25, 0.3) is 11.3 Å². The molecule has 0 aliphatic heterocycles. The van der Waals surface area contributed by atoms with Crippen LogP contribution in [0.15, 0.2) is 61.1 Å². The van der Waals surface area contributed by atoms with Gasteiger partial charge < -0.3 is 9.72 Å². The zero-order chi connectivity index (χ0) is 18.8. The van der Waals surface area contributed by atoms with Gasteiger partial charge in [-0.1, -0.05) is 23.7 Å². The Kier molecular flexibility index (Phi) is 4.64. The minimum atomic E-state index is -0.149. The predicted octanol–water partition coefficient (Wildman–Crippen LogP) is 3.45. The third-order valence-corrected chi connectivity index (χ3v) is 4.62. The number of benzene rings is 1. The highest BCUT2D eigenvalue weighted by Crippen LogP contribution is 2.18. The van der Waals surface area contributed by atoms with Gasteiger partial charge in [-0.15, -0.1) is 0 Å². The summed E-state index contributed by atoms with van der Waals surface area (Å²) in [7, 11) is 0. The molecule has 0 spiro atoms. The lowest BCUT2D eigenvalue weighted by atomic mass is 10.2. The van der Waals surface area contributed by atoms with Gasteiger partial charge in [-0.25, -0.2) is 9.67 Å². The average Bonchev–Trinajstić information content (AvgIpc) is 3.24. The second kappa shape index (κ2) is 7.25. The third-order valence-electron chi connectivity index (χ3n) is 4.39. The Morgan fingerprint density at radius 1 is 1.22 bits per heavy atom. The summed E-state index contributed by atoms with van der Waals surface area (Å²) in [5, 5.41) is 7.89. The first-order valence-corrected chi connectivity index (χ1v) is 9.01. The standard InChI is InChI=1S/C20H18ClN5O/c1-14-18(12-23-26(14)17-6-4-5-15(21)11-17)20(27)22-9-8-16-13-25-10-3-2-7-19(25)24-16/h2-7,10-13H,8-9H2,1H3,(H,22,27). The molecule has 0 aliphatic carbocycles. The SMILES string of the molecule is Cc1c(C(=O)NCCc2cn3ccccc3n2)cnn1-c1cccc(Cl)c1. The molecule has 4 aromatic rings. The number of halogens is 1. The van der Waals surface area contributed by atoms with Crippen molar-refractivity contribution in [3.05, 3.63) is 83.0 Å². The molecule has 27 heavy (non-hydrogen) atoms. The Bertz CT molecular complexity index is 1080. The summed E-state index contributed by atoms with van der Waals surface area (Å²) < 4.78 is 3.68. The fourth-order valence-corrected chi connectivity index (χ4v) is 3.19. The van der Waals surface area contributed by atoms with E-state index in [0.717, 1.165) is 22.7 Å². The Hall–Kier alpha value is -3.12. The van der Waals surface area contributed by atoms with Crippen molar-refractivity contribution in [2.45, 2.75) is 13.3 Å². The van der Waals surface area contributed by atoms with Crippen molar-refractivity contribution in [2.75, 3.05) is 6.54 Å². The minimum Gasteiger partial charge on any atom is -0.352 e. The van der Waals surface area contributed by atoms with Crippen molar-refractivity contribution in [1.82, 2.24) is 24.5 Å². The number of carbonyl (C=O) groups is 1. The molecule has 0 fully saturated rings. The number of pyridine rings is 1. The molecule has 0 bridgehead atoms. The van der Waals surface area contributed by atoms with Crippen molar-refractivity contribution in [1.29, 1.82) is 0 Å². The molecule has 136 valence electrons. The van der Waals surface area contributed by atoms with E-state index in [9.17, 15) is 4.79 Å². The number of nitrogens with one attached hydrogen (secondary N) is 1. The van der Waals surface area contributed by atoms with Crippen LogP contribution in [0.2, 0.25) is 5.02 Å². The molecule has 0 atom stereocenters. The maximum Gasteiger partial charge on any atom is 0.254 e. The first-order valence-electron chi connectivity index (χ1n) is 8.63. The first kappa shape index (κ1) is 17.3. The molecule has 1 amide bonds. The molecule has 0 unspecified atom stereocenters. The van der Waals surface area contributed by atoms with E-state index in [4.69, 9.17) is 11.6 Å². The lowest BCUT2D eigenvalue weighted by Crippen LogP contribution is -2.26. The lowest BCUT2D eigenvalue weighted by molar-refractivity contribution is 0.0953. The number of fused-ring (bicyclic) bond motifs is 1. The van der Waals surface area contributed by atoms with Crippen LogP contribution in [0.4, 0.5) is 0 Å². The monoisotopic (exact) mass is 379 g/mol. The number of rotatable bonds is 5. The number of imidazole rings is 1. The number of carbonyl (C=O) groups excluding carboxylic acids is 1. The van der Waals surface area contributed by atoms with Crippen molar-refractivity contribution in [3.63, 3.8) is 0 Å². The number of hydrogen-bond donors (Lipinski definition) is 1. The Labute approximate surface area is 161 Å². The summed E-state index contributed by atoms with van der Waals surface area (Å²) in [5.74, 6) is -0.149. The Morgan fingerprint density at radius 2 is 2.11 bits per heavy atom. The second-order valence-corrected chi connectivity index (χ2v) is 6.68. The lowest BCUT2D eigenvalue weighted by Gasteiger charge is -2.06. The van der Waals surface area contributed by atoms with Gasteiger partial charge in [0.25, 0.3) is 5.91 Å². The molecule has 0 radical (unpaired) electrons. The van der Waals surface area contributed by atoms with Crippen molar-refractivity contribution in [3.8, 4) is 5.69 Å². The molecular formula is C20H18ClN5O. The fraction of sp³-hybridized carbons (Fsp3) is 0.150. The van der Waals surface area contributed by atoms with E-state index in [1.165, 1.54) is 0 Å². The molecule has 7 heteroatoms. The molecule has 0 aliphatic rings. The highest BCUT2D eigenvalue weighted by Gasteiger charge is 2.15. The van der Waals surface area contributed by atoms with Crippen LogP contribution in [0.5, 0.6) is 0 Å². The largest absolute Gasteiger partial charge is 0.352 e. The van der Waals surface area contributed by atoms with E-state index in [1.807, 2.05) is 60.1 Å². The molecule has 1 N–H and O–H groups in total. The van der Waals surface area contributed by atoms with Gasteiger partial charge in [0.15, 0.2) is 0 Å². The molecule has 3 aromatic heterocycles. The van der Waals surface area contributed by atoms with Crippen molar-refractivity contribution < 1.29 is 4.79 Å². The van der Waals surface area contributed by atoms with Crippen molar-refractivity contribution in [2.24, 2.45) is 0 Å². The molecular weight excluding hydrogens is 362 g/mol. The fourth-order valence-electron chi connectivity index (χ4n) is 3.01. The van der Waals surface area contributed by atoms with Crippen molar-refractivity contribution >= 4 is 23.2 Å². The molecule has 1 aromatic carbocycles. The Morgan fingerprint density at radius 3 is 2.93 bits per heavy atom. The number of hydrogen-bond acceptors (Lipinski definition) is 3. The number of amides is 1. The van der Waals surface area contributed by atoms with Gasteiger partial charge in [0.1, 0.15) is 5.65 Å². The molecule has 3 heterocycles. The highest BCUT2D eigenvalue weighted by atomic mass is 35.5. The van der Waals surface area contributed by atoms with Crippen LogP contribution in [0, 0.1) is 6.92 Å². The average molecular weight is 380 g/mol. The molecule has 0 saturated carbocycles. The van der Waals surface area contributed by atoms with E-state index >= 15 is 0 Å². The second-order valence-electron chi connectivity index (χ2n) is 6.24. The van der Waals surface area contributed by atoms with Gasteiger partial charge in [-0.3, -0.25) is 4.79 Å². The molecule has 6 nitrogen and oxygen atoms in total. The van der Waals surface area contributed by atoms with E-state index < -0.39 is 0 Å². The maximum absolute atomic E-state index is 12.5. The van der Waals surface area contributed by atoms with Gasteiger partial charge in [0.05, 0.1) is 28.8 Å².